The van der Waals surface area contributed by atoms with Crippen LogP contribution in [0.25, 0.3) is 0 Å². The van der Waals surface area contributed by atoms with Crippen molar-refractivity contribution in [3.63, 3.8) is 0 Å². The first-order valence-corrected chi connectivity index (χ1v) is 7.18. The molecule has 1 aromatic rings. The maximum absolute atomic E-state index is 5.72. The molecule has 2 rings (SSSR count). The minimum Gasteiger partial charge on any atom is -0.492 e. The van der Waals surface area contributed by atoms with Gasteiger partial charge in [0.2, 0.25) is 0 Å². The Balaban J connectivity index is 1.73. The molecule has 0 radical (unpaired) electrons. The monoisotopic (exact) mass is 329 g/mol. The SMILES string of the molecule is COC1CN(CCOc2ccc(Br)cc2)CC1OC. The van der Waals surface area contributed by atoms with E-state index in [0.29, 0.717) is 6.61 Å². The van der Waals surface area contributed by atoms with Gasteiger partial charge in [0.15, 0.2) is 0 Å². The zero-order valence-corrected chi connectivity index (χ0v) is 12.9. The van der Waals surface area contributed by atoms with Gasteiger partial charge in [0, 0.05) is 38.3 Å². The third kappa shape index (κ3) is 4.18. The second-order valence-corrected chi connectivity index (χ2v) is 5.53. The number of likely N-dealkylation sites (tertiary alicyclic amines) is 1. The Morgan fingerprint density at radius 3 is 2.21 bits per heavy atom. The lowest BCUT2D eigenvalue weighted by Crippen LogP contribution is -2.27. The van der Waals surface area contributed by atoms with Crippen LogP contribution in [0, 0.1) is 0 Å². The maximum atomic E-state index is 5.72. The fourth-order valence-corrected chi connectivity index (χ4v) is 2.54. The summed E-state index contributed by atoms with van der Waals surface area (Å²) < 4.78 is 17.6. The Labute approximate surface area is 122 Å². The lowest BCUT2D eigenvalue weighted by atomic mass is 10.3. The quantitative estimate of drug-likeness (QED) is 0.800. The smallest absolute Gasteiger partial charge is 0.119 e. The number of nitrogens with zero attached hydrogens (tertiary/aromatic N) is 1. The Bertz CT molecular complexity index is 373. The summed E-state index contributed by atoms with van der Waals surface area (Å²) in [6.45, 7) is 3.36. The fraction of sp³-hybridized carbons (Fsp3) is 0.571. The molecule has 0 aromatic heterocycles. The van der Waals surface area contributed by atoms with Crippen LogP contribution < -0.4 is 4.74 Å². The normalized spacial score (nSPS) is 23.7. The van der Waals surface area contributed by atoms with Crippen molar-refractivity contribution in [1.82, 2.24) is 4.90 Å². The molecule has 4 nitrogen and oxygen atoms in total. The summed E-state index contributed by atoms with van der Waals surface area (Å²) in [6.07, 6.45) is 0.329. The van der Waals surface area contributed by atoms with Crippen molar-refractivity contribution in [2.75, 3.05) is 40.5 Å². The van der Waals surface area contributed by atoms with Gasteiger partial charge in [0.05, 0.1) is 12.2 Å². The second kappa shape index (κ2) is 7.24. The van der Waals surface area contributed by atoms with Gasteiger partial charge in [-0.15, -0.1) is 0 Å². The number of benzene rings is 1. The van der Waals surface area contributed by atoms with Crippen LogP contribution in [-0.4, -0.2) is 57.6 Å². The molecule has 0 bridgehead atoms. The Morgan fingerprint density at radius 1 is 1.11 bits per heavy atom. The van der Waals surface area contributed by atoms with E-state index in [1.165, 1.54) is 0 Å². The molecule has 106 valence electrons. The highest BCUT2D eigenvalue weighted by Crippen LogP contribution is 2.17. The van der Waals surface area contributed by atoms with E-state index in [2.05, 4.69) is 20.8 Å². The molecule has 2 atom stereocenters. The van der Waals surface area contributed by atoms with Gasteiger partial charge in [-0.25, -0.2) is 0 Å². The van der Waals surface area contributed by atoms with Gasteiger partial charge < -0.3 is 14.2 Å². The Morgan fingerprint density at radius 2 is 1.68 bits per heavy atom. The molecule has 1 aliphatic rings. The van der Waals surface area contributed by atoms with Crippen molar-refractivity contribution in [2.24, 2.45) is 0 Å². The van der Waals surface area contributed by atoms with Gasteiger partial charge in [-0.05, 0) is 24.3 Å². The Hall–Kier alpha value is -0.620. The average molecular weight is 330 g/mol. The van der Waals surface area contributed by atoms with Crippen LogP contribution in [0.15, 0.2) is 28.7 Å². The molecular weight excluding hydrogens is 310 g/mol. The summed E-state index contributed by atoms with van der Waals surface area (Å²) in [5.74, 6) is 0.897. The molecule has 1 fully saturated rings. The van der Waals surface area contributed by atoms with Crippen molar-refractivity contribution in [1.29, 1.82) is 0 Å². The molecule has 2 unspecified atom stereocenters. The molecule has 1 saturated heterocycles. The van der Waals surface area contributed by atoms with E-state index in [0.717, 1.165) is 29.9 Å². The number of rotatable bonds is 6. The molecule has 0 saturated carbocycles. The molecule has 1 aliphatic heterocycles. The molecule has 19 heavy (non-hydrogen) atoms. The largest absolute Gasteiger partial charge is 0.492 e. The van der Waals surface area contributed by atoms with E-state index in [-0.39, 0.29) is 12.2 Å². The summed E-state index contributed by atoms with van der Waals surface area (Å²) in [4.78, 5) is 2.31. The third-order valence-corrected chi connectivity index (χ3v) is 3.92. The predicted octanol–water partition coefficient (Wildman–Crippen LogP) is 2.17. The number of halogens is 1. The van der Waals surface area contributed by atoms with E-state index in [4.69, 9.17) is 14.2 Å². The minimum absolute atomic E-state index is 0.165. The van der Waals surface area contributed by atoms with Crippen LogP contribution in [0.4, 0.5) is 0 Å². The first-order valence-electron chi connectivity index (χ1n) is 6.39. The van der Waals surface area contributed by atoms with Gasteiger partial charge in [0.25, 0.3) is 0 Å². The number of hydrogen-bond donors (Lipinski definition) is 0. The van der Waals surface area contributed by atoms with Crippen LogP contribution in [0.2, 0.25) is 0 Å². The number of methoxy groups -OCH3 is 2. The van der Waals surface area contributed by atoms with Crippen molar-refractivity contribution < 1.29 is 14.2 Å². The van der Waals surface area contributed by atoms with Crippen molar-refractivity contribution in [2.45, 2.75) is 12.2 Å². The van der Waals surface area contributed by atoms with E-state index in [1.807, 2.05) is 24.3 Å². The van der Waals surface area contributed by atoms with Crippen molar-refractivity contribution in [3.05, 3.63) is 28.7 Å². The third-order valence-electron chi connectivity index (χ3n) is 3.39. The molecule has 0 spiro atoms. The van der Waals surface area contributed by atoms with Crippen LogP contribution in [0.3, 0.4) is 0 Å². The number of ether oxygens (including phenoxy) is 3. The topological polar surface area (TPSA) is 30.9 Å². The Kier molecular flexibility index (Phi) is 5.63. The van der Waals surface area contributed by atoms with E-state index in [1.54, 1.807) is 14.2 Å². The molecule has 1 heterocycles. The highest BCUT2D eigenvalue weighted by Gasteiger charge is 2.32. The van der Waals surface area contributed by atoms with Crippen LogP contribution in [-0.2, 0) is 9.47 Å². The van der Waals surface area contributed by atoms with Crippen molar-refractivity contribution in [3.8, 4) is 5.75 Å². The predicted molar refractivity (Wildman–Crippen MR) is 77.7 cm³/mol. The van der Waals surface area contributed by atoms with E-state index >= 15 is 0 Å². The van der Waals surface area contributed by atoms with Gasteiger partial charge in [0.1, 0.15) is 12.4 Å². The van der Waals surface area contributed by atoms with E-state index in [9.17, 15) is 0 Å². The molecular formula is C14H20BrNO3. The molecule has 0 amide bonds. The molecule has 5 heteroatoms. The molecule has 0 N–H and O–H groups in total. The summed E-state index contributed by atoms with van der Waals surface area (Å²) in [7, 11) is 3.47. The first kappa shape index (κ1) is 14.8. The second-order valence-electron chi connectivity index (χ2n) is 4.61. The number of hydrogen-bond acceptors (Lipinski definition) is 4. The maximum Gasteiger partial charge on any atom is 0.119 e. The van der Waals surface area contributed by atoms with Crippen molar-refractivity contribution >= 4 is 15.9 Å². The van der Waals surface area contributed by atoms with Crippen LogP contribution in [0.1, 0.15) is 0 Å². The lowest BCUT2D eigenvalue weighted by Gasteiger charge is -2.15. The van der Waals surface area contributed by atoms with Gasteiger partial charge in [-0.1, -0.05) is 15.9 Å². The zero-order valence-electron chi connectivity index (χ0n) is 11.3. The lowest BCUT2D eigenvalue weighted by molar-refractivity contribution is -0.00461. The van der Waals surface area contributed by atoms with Crippen LogP contribution in [0.5, 0.6) is 5.75 Å². The average Bonchev–Trinajstić information content (AvgIpc) is 2.83. The zero-order chi connectivity index (χ0) is 13.7. The summed E-state index contributed by atoms with van der Waals surface area (Å²) in [5.41, 5.74) is 0. The van der Waals surface area contributed by atoms with Crippen LogP contribution >= 0.6 is 15.9 Å². The van der Waals surface area contributed by atoms with Gasteiger partial charge in [-0.3, -0.25) is 4.90 Å². The first-order chi connectivity index (χ1) is 9.22. The highest BCUT2D eigenvalue weighted by molar-refractivity contribution is 9.10. The standard InChI is InChI=1S/C14H20BrNO3/c1-17-13-9-16(10-14(13)18-2)7-8-19-12-5-3-11(15)4-6-12/h3-6,13-14H,7-10H2,1-2H3. The van der Waals surface area contributed by atoms with Gasteiger partial charge >= 0.3 is 0 Å². The highest BCUT2D eigenvalue weighted by atomic mass is 79.9. The van der Waals surface area contributed by atoms with E-state index < -0.39 is 0 Å². The summed E-state index contributed by atoms with van der Waals surface area (Å²) in [6, 6.07) is 7.88. The summed E-state index contributed by atoms with van der Waals surface area (Å²) >= 11 is 3.40. The fourth-order valence-electron chi connectivity index (χ4n) is 2.28. The molecule has 0 aliphatic carbocycles. The molecule has 1 aromatic carbocycles. The van der Waals surface area contributed by atoms with Gasteiger partial charge in [-0.2, -0.15) is 0 Å². The minimum atomic E-state index is 0.165. The summed E-state index contributed by atoms with van der Waals surface area (Å²) in [5, 5.41) is 0.